The molecule has 1 aliphatic rings. The fourth-order valence-corrected chi connectivity index (χ4v) is 3.57. The molecule has 4 rings (SSSR count). The van der Waals surface area contributed by atoms with Crippen molar-refractivity contribution in [1.29, 1.82) is 5.26 Å². The van der Waals surface area contributed by atoms with E-state index in [4.69, 9.17) is 5.26 Å². The van der Waals surface area contributed by atoms with Crippen molar-refractivity contribution in [3.63, 3.8) is 0 Å². The van der Waals surface area contributed by atoms with Crippen molar-refractivity contribution >= 4 is 16.9 Å². The zero-order valence-electron chi connectivity index (χ0n) is 13.6. The Labute approximate surface area is 140 Å². The number of anilines is 1. The summed E-state index contributed by atoms with van der Waals surface area (Å²) in [5.74, 6) is 0.893. The Bertz CT molecular complexity index is 923. The summed E-state index contributed by atoms with van der Waals surface area (Å²) in [5, 5.41) is 14.1. The summed E-state index contributed by atoms with van der Waals surface area (Å²) in [6.45, 7) is 0.548. The Kier molecular flexibility index (Phi) is 3.62. The van der Waals surface area contributed by atoms with Gasteiger partial charge < -0.3 is 4.90 Å². The van der Waals surface area contributed by atoms with Crippen molar-refractivity contribution in [2.75, 3.05) is 11.9 Å². The van der Waals surface area contributed by atoms with E-state index < -0.39 is 0 Å². The highest BCUT2D eigenvalue weighted by atomic mass is 15.3. The summed E-state index contributed by atoms with van der Waals surface area (Å²) in [5.41, 5.74) is 3.58. The van der Waals surface area contributed by atoms with Crippen LogP contribution in [-0.2, 0) is 13.0 Å². The molecule has 0 radical (unpaired) electrons. The van der Waals surface area contributed by atoms with Crippen molar-refractivity contribution in [2.45, 2.75) is 31.8 Å². The third-order valence-electron chi connectivity index (χ3n) is 4.75. The molecule has 1 unspecified atom stereocenters. The van der Waals surface area contributed by atoms with E-state index in [1.54, 1.807) is 17.2 Å². The van der Waals surface area contributed by atoms with Crippen molar-refractivity contribution in [2.24, 2.45) is 0 Å². The normalized spacial score (nSPS) is 16.1. The van der Waals surface area contributed by atoms with Crippen LogP contribution in [-0.4, -0.2) is 26.8 Å². The minimum atomic E-state index is 0.321. The monoisotopic (exact) mass is 318 g/mol. The van der Waals surface area contributed by atoms with E-state index in [1.807, 2.05) is 0 Å². The van der Waals surface area contributed by atoms with Gasteiger partial charge in [-0.15, -0.1) is 0 Å². The van der Waals surface area contributed by atoms with Gasteiger partial charge in [-0.1, -0.05) is 24.3 Å². The number of hydrogen-bond donors (Lipinski definition) is 0. The minimum Gasteiger partial charge on any atom is -0.352 e. The van der Waals surface area contributed by atoms with Crippen LogP contribution >= 0.6 is 0 Å². The molecular formula is C18H18N6. The zero-order chi connectivity index (χ0) is 16.5. The predicted octanol–water partition coefficient (Wildman–Crippen LogP) is 2.86. The van der Waals surface area contributed by atoms with E-state index in [9.17, 15) is 0 Å². The van der Waals surface area contributed by atoms with Crippen LogP contribution in [0.25, 0.3) is 11.0 Å². The van der Waals surface area contributed by atoms with Crippen molar-refractivity contribution in [3.8, 4) is 6.07 Å². The number of hydrogen-bond acceptors (Lipinski definition) is 5. The Morgan fingerprint density at radius 2 is 2.21 bits per heavy atom. The summed E-state index contributed by atoms with van der Waals surface area (Å²) < 4.78 is 1.78. The third kappa shape index (κ3) is 2.29. The molecule has 6 nitrogen and oxygen atoms in total. The van der Waals surface area contributed by atoms with Gasteiger partial charge in [0.15, 0.2) is 5.65 Å². The number of nitrogens with zero attached hydrogens (tertiary/aromatic N) is 6. The SMILES string of the molecule is CN(c1ncnc2c1cnn2CCC#N)C1CCc2ccccc21. The summed E-state index contributed by atoms with van der Waals surface area (Å²) in [7, 11) is 2.08. The molecule has 0 aliphatic heterocycles. The fourth-order valence-electron chi connectivity index (χ4n) is 3.57. The molecule has 0 saturated carbocycles. The maximum atomic E-state index is 8.78. The maximum Gasteiger partial charge on any atom is 0.163 e. The molecule has 6 heteroatoms. The number of fused-ring (bicyclic) bond motifs is 2. The van der Waals surface area contributed by atoms with Crippen molar-refractivity contribution in [1.82, 2.24) is 19.7 Å². The lowest BCUT2D eigenvalue weighted by Gasteiger charge is -2.26. The molecule has 0 N–H and O–H groups in total. The molecule has 1 aliphatic carbocycles. The van der Waals surface area contributed by atoms with E-state index in [-0.39, 0.29) is 0 Å². The third-order valence-corrected chi connectivity index (χ3v) is 4.75. The number of nitriles is 1. The van der Waals surface area contributed by atoms with Gasteiger partial charge in [0.2, 0.25) is 0 Å². The number of aromatic nitrogens is 4. The molecule has 1 atom stereocenters. The van der Waals surface area contributed by atoms with Crippen LogP contribution in [0.15, 0.2) is 36.8 Å². The largest absolute Gasteiger partial charge is 0.352 e. The number of aryl methyl sites for hydroxylation is 2. The van der Waals surface area contributed by atoms with Crippen LogP contribution in [0.4, 0.5) is 5.82 Å². The first-order valence-electron chi connectivity index (χ1n) is 8.13. The van der Waals surface area contributed by atoms with Gasteiger partial charge in [0, 0.05) is 7.05 Å². The van der Waals surface area contributed by atoms with Gasteiger partial charge in [0.05, 0.1) is 36.7 Å². The highest BCUT2D eigenvalue weighted by molar-refractivity contribution is 5.86. The molecule has 24 heavy (non-hydrogen) atoms. The van der Waals surface area contributed by atoms with Gasteiger partial charge in [-0.3, -0.25) is 0 Å². The van der Waals surface area contributed by atoms with Crippen LogP contribution in [0.1, 0.15) is 30.0 Å². The molecular weight excluding hydrogens is 300 g/mol. The van der Waals surface area contributed by atoms with Crippen LogP contribution in [0, 0.1) is 11.3 Å². The second-order valence-corrected chi connectivity index (χ2v) is 6.07. The van der Waals surface area contributed by atoms with Crippen LogP contribution < -0.4 is 4.90 Å². The molecule has 0 amide bonds. The van der Waals surface area contributed by atoms with Gasteiger partial charge in [0.1, 0.15) is 12.1 Å². The average Bonchev–Trinajstić information content (AvgIpc) is 3.23. The van der Waals surface area contributed by atoms with Gasteiger partial charge >= 0.3 is 0 Å². The van der Waals surface area contributed by atoms with E-state index in [1.165, 1.54) is 11.1 Å². The first-order chi connectivity index (χ1) is 11.8. The Morgan fingerprint density at radius 3 is 3.08 bits per heavy atom. The zero-order valence-corrected chi connectivity index (χ0v) is 13.6. The van der Waals surface area contributed by atoms with Crippen molar-refractivity contribution < 1.29 is 0 Å². The number of benzene rings is 1. The number of rotatable bonds is 4. The molecule has 2 heterocycles. The van der Waals surface area contributed by atoms with E-state index in [0.717, 1.165) is 29.7 Å². The molecule has 0 bridgehead atoms. The standard InChI is InChI=1S/C18H18N6/c1-23(16-8-7-13-5-2-3-6-14(13)16)17-15-11-22-24(10-4-9-19)18(15)21-12-20-17/h2-3,5-6,11-12,16H,4,7-8,10H2,1H3. The summed E-state index contributed by atoms with van der Waals surface area (Å²) >= 11 is 0. The molecule has 0 fully saturated rings. The van der Waals surface area contributed by atoms with Crippen LogP contribution in [0.2, 0.25) is 0 Å². The van der Waals surface area contributed by atoms with E-state index >= 15 is 0 Å². The predicted molar refractivity (Wildman–Crippen MR) is 91.5 cm³/mol. The Hall–Kier alpha value is -2.94. The molecule has 3 aromatic rings. The second-order valence-electron chi connectivity index (χ2n) is 6.07. The highest BCUT2D eigenvalue weighted by Gasteiger charge is 2.27. The lowest BCUT2D eigenvalue weighted by Crippen LogP contribution is -2.23. The summed E-state index contributed by atoms with van der Waals surface area (Å²) in [4.78, 5) is 11.1. The smallest absolute Gasteiger partial charge is 0.163 e. The maximum absolute atomic E-state index is 8.78. The topological polar surface area (TPSA) is 70.6 Å². The Morgan fingerprint density at radius 1 is 1.33 bits per heavy atom. The lowest BCUT2D eigenvalue weighted by molar-refractivity contribution is 0.642. The van der Waals surface area contributed by atoms with Gasteiger partial charge in [-0.2, -0.15) is 10.4 Å². The van der Waals surface area contributed by atoms with E-state index in [2.05, 4.69) is 57.3 Å². The molecule has 120 valence electrons. The van der Waals surface area contributed by atoms with Gasteiger partial charge in [0.25, 0.3) is 0 Å². The summed E-state index contributed by atoms with van der Waals surface area (Å²) in [6, 6.07) is 11.1. The molecule has 1 aromatic carbocycles. The first-order valence-corrected chi connectivity index (χ1v) is 8.13. The molecule has 0 saturated heterocycles. The van der Waals surface area contributed by atoms with Gasteiger partial charge in [-0.25, -0.2) is 14.6 Å². The van der Waals surface area contributed by atoms with Crippen molar-refractivity contribution in [3.05, 3.63) is 47.9 Å². The highest BCUT2D eigenvalue weighted by Crippen LogP contribution is 2.38. The molecule has 0 spiro atoms. The van der Waals surface area contributed by atoms with Crippen LogP contribution in [0.5, 0.6) is 0 Å². The lowest BCUT2D eigenvalue weighted by atomic mass is 10.1. The second kappa shape index (κ2) is 5.93. The average molecular weight is 318 g/mol. The van der Waals surface area contributed by atoms with Crippen LogP contribution in [0.3, 0.4) is 0 Å². The minimum absolute atomic E-state index is 0.321. The Balaban J connectivity index is 1.72. The van der Waals surface area contributed by atoms with Gasteiger partial charge in [-0.05, 0) is 24.0 Å². The first kappa shape index (κ1) is 14.6. The van der Waals surface area contributed by atoms with E-state index in [0.29, 0.717) is 19.0 Å². The quantitative estimate of drug-likeness (QED) is 0.740. The molecule has 2 aromatic heterocycles. The summed E-state index contributed by atoms with van der Waals surface area (Å²) in [6.07, 6.45) is 5.99. The fraction of sp³-hybridized carbons (Fsp3) is 0.333.